The lowest BCUT2D eigenvalue weighted by Crippen LogP contribution is -2.37. The Bertz CT molecular complexity index is 1300. The molecule has 0 radical (unpaired) electrons. The summed E-state index contributed by atoms with van der Waals surface area (Å²) in [6.45, 7) is 3.60. The molecule has 0 unspecified atom stereocenters. The minimum Gasteiger partial charge on any atom is -0.659 e. The quantitative estimate of drug-likeness (QED) is 0.190. The Morgan fingerprint density at radius 2 is 1.74 bits per heavy atom. The average molecular weight is 548 g/mol. The Kier molecular flexibility index (Phi) is 8.44. The molecule has 0 bridgehead atoms. The van der Waals surface area contributed by atoms with E-state index in [2.05, 4.69) is 10.6 Å². The number of hydrogen-bond donors (Lipinski definition) is 2. The lowest BCUT2D eigenvalue weighted by atomic mass is 10.1. The van der Waals surface area contributed by atoms with Crippen LogP contribution < -0.4 is 5.32 Å². The van der Waals surface area contributed by atoms with E-state index in [0.717, 1.165) is 23.9 Å². The average Bonchev–Trinajstić information content (AvgIpc) is 3.66. The number of ether oxygens (including phenoxy) is 1. The monoisotopic (exact) mass is 547 g/mol. The fourth-order valence-electron chi connectivity index (χ4n) is 3.93. The number of hydrogen-bond acceptors (Lipinski definition) is 7. The number of aryl methyl sites for hydroxylation is 1. The number of carbonyl (C=O) groups is 1. The van der Waals surface area contributed by atoms with Gasteiger partial charge in [0.15, 0.2) is 0 Å². The number of rotatable bonds is 11. The van der Waals surface area contributed by atoms with Gasteiger partial charge in [-0.25, -0.2) is 8.78 Å². The van der Waals surface area contributed by atoms with Crippen molar-refractivity contribution < 1.29 is 30.9 Å². The number of amides is 1. The van der Waals surface area contributed by atoms with Gasteiger partial charge in [-0.15, -0.1) is 13.1 Å². The molecule has 1 aliphatic heterocycles. The lowest BCUT2D eigenvalue weighted by Gasteiger charge is -2.37. The van der Waals surface area contributed by atoms with E-state index in [9.17, 15) is 22.0 Å². The van der Waals surface area contributed by atoms with Crippen molar-refractivity contribution in [2.75, 3.05) is 44.7 Å². The number of anilines is 1. The summed E-state index contributed by atoms with van der Waals surface area (Å²) in [4.78, 5) is 15.0. The molecule has 1 saturated carbocycles. The Balaban J connectivity index is 1.51. The van der Waals surface area contributed by atoms with E-state index < -0.39 is 33.1 Å². The molecule has 12 heteroatoms. The first kappa shape index (κ1) is 27.7. The minimum atomic E-state index is -3.98. The van der Waals surface area contributed by atoms with Gasteiger partial charge in [0, 0.05) is 23.4 Å². The molecule has 1 amide bonds. The second kappa shape index (κ2) is 11.6. The van der Waals surface area contributed by atoms with Gasteiger partial charge in [-0.2, -0.15) is 8.42 Å². The number of nitrogens with one attached hydrogen (secondary N) is 2. The van der Waals surface area contributed by atoms with Crippen molar-refractivity contribution in [3.63, 3.8) is 0 Å². The molecule has 2 fully saturated rings. The molecule has 2 aromatic carbocycles. The van der Waals surface area contributed by atoms with Crippen LogP contribution in [-0.4, -0.2) is 64.8 Å². The molecule has 9 nitrogen and oxygen atoms in total. The summed E-state index contributed by atoms with van der Waals surface area (Å²) < 4.78 is 63.9. The van der Waals surface area contributed by atoms with Crippen LogP contribution >= 0.6 is 0 Å². The summed E-state index contributed by atoms with van der Waals surface area (Å²) >= 11 is 0. The van der Waals surface area contributed by atoms with Gasteiger partial charge in [-0.05, 0) is 57.1 Å². The van der Waals surface area contributed by atoms with E-state index >= 15 is 0 Å². The second-order valence-electron chi connectivity index (χ2n) is 9.45. The molecular weight excluding hydrogens is 518 g/mol. The van der Waals surface area contributed by atoms with Crippen LogP contribution in [0, 0.1) is 29.4 Å². The number of carbonyl (C=O) groups excluding carboxylic acids is 1. The standard InChI is InChI=1S/C26H29F2N4O5S/c1-18-2-4-22(5-3-18)38(34,35)37-17-26(6-7-26)16-36-24(23(15-29)32-10-8-30-9-11-32)25(33)31-21-13-19(27)12-20(28)14-21/h2-5,12-15,29H,6-11,16-17H2,1H3,(H,31,33)/q-1/b24-23-,29-15?. The Labute approximate surface area is 220 Å². The van der Waals surface area contributed by atoms with Crippen molar-refractivity contribution in [1.82, 2.24) is 4.90 Å². The van der Waals surface area contributed by atoms with Crippen molar-refractivity contribution in [1.29, 1.82) is 5.41 Å². The Morgan fingerprint density at radius 1 is 1.11 bits per heavy atom. The fraction of sp³-hybridized carbons (Fsp3) is 0.385. The number of halogens is 2. The Hall–Kier alpha value is -3.35. The van der Waals surface area contributed by atoms with Crippen LogP contribution in [-0.2, 0) is 23.8 Å². The van der Waals surface area contributed by atoms with Gasteiger partial charge in [0.25, 0.3) is 16.0 Å². The molecule has 0 atom stereocenters. The zero-order chi connectivity index (χ0) is 27.3. The van der Waals surface area contributed by atoms with E-state index in [1.807, 2.05) is 6.92 Å². The van der Waals surface area contributed by atoms with Crippen LogP contribution in [0.2, 0.25) is 0 Å². The number of allylic oxidation sites excluding steroid dienone is 1. The molecule has 204 valence electrons. The van der Waals surface area contributed by atoms with Gasteiger partial charge in [0.05, 0.1) is 18.1 Å². The van der Waals surface area contributed by atoms with Gasteiger partial charge >= 0.3 is 0 Å². The van der Waals surface area contributed by atoms with Crippen molar-refractivity contribution in [3.8, 4) is 0 Å². The third kappa shape index (κ3) is 6.94. The summed E-state index contributed by atoms with van der Waals surface area (Å²) in [5.74, 6) is -2.72. The first-order chi connectivity index (χ1) is 18.1. The molecule has 0 spiro atoms. The van der Waals surface area contributed by atoms with Crippen molar-refractivity contribution in [2.24, 2.45) is 5.41 Å². The maximum atomic E-state index is 13.7. The molecule has 2 aliphatic rings. The summed E-state index contributed by atoms with van der Waals surface area (Å²) in [5.41, 5.74) is 0.357. The smallest absolute Gasteiger partial charge is 0.296 e. The maximum absolute atomic E-state index is 13.7. The van der Waals surface area contributed by atoms with Crippen LogP contribution in [0.4, 0.5) is 14.5 Å². The van der Waals surface area contributed by atoms with Crippen LogP contribution in [0.3, 0.4) is 0 Å². The molecule has 1 saturated heterocycles. The highest BCUT2D eigenvalue weighted by atomic mass is 32.2. The van der Waals surface area contributed by atoms with E-state index in [4.69, 9.17) is 14.3 Å². The van der Waals surface area contributed by atoms with Gasteiger partial charge in [-0.1, -0.05) is 17.7 Å². The number of piperazine rings is 1. The molecule has 1 heterocycles. The Morgan fingerprint density at radius 3 is 2.32 bits per heavy atom. The van der Waals surface area contributed by atoms with Gasteiger partial charge < -0.3 is 25.7 Å². The normalized spacial score (nSPS) is 17.4. The molecule has 4 rings (SSSR count). The number of benzene rings is 2. The van der Waals surface area contributed by atoms with E-state index in [1.165, 1.54) is 12.1 Å². The van der Waals surface area contributed by atoms with Gasteiger partial charge in [0.1, 0.15) is 17.3 Å². The third-order valence-electron chi connectivity index (χ3n) is 6.40. The molecule has 0 aromatic heterocycles. The number of nitrogens with zero attached hydrogens (tertiary/aromatic N) is 2. The van der Waals surface area contributed by atoms with Crippen LogP contribution in [0.25, 0.3) is 5.32 Å². The summed E-state index contributed by atoms with van der Waals surface area (Å²) in [6, 6.07) is 8.93. The molecule has 2 aromatic rings. The molecule has 38 heavy (non-hydrogen) atoms. The zero-order valence-electron chi connectivity index (χ0n) is 20.9. The fourth-order valence-corrected chi connectivity index (χ4v) is 4.94. The zero-order valence-corrected chi connectivity index (χ0v) is 21.7. The lowest BCUT2D eigenvalue weighted by molar-refractivity contribution is -0.116. The van der Waals surface area contributed by atoms with Crippen molar-refractivity contribution >= 4 is 27.9 Å². The highest BCUT2D eigenvalue weighted by Crippen LogP contribution is 2.47. The summed E-state index contributed by atoms with van der Waals surface area (Å²) in [7, 11) is -3.98. The predicted molar refractivity (Wildman–Crippen MR) is 137 cm³/mol. The predicted octanol–water partition coefficient (Wildman–Crippen LogP) is 3.96. The topological polar surface area (TPSA) is 123 Å². The third-order valence-corrected chi connectivity index (χ3v) is 7.68. The summed E-state index contributed by atoms with van der Waals surface area (Å²) in [5, 5.41) is 14.7. The van der Waals surface area contributed by atoms with E-state index in [-0.39, 0.29) is 35.3 Å². The second-order valence-corrected chi connectivity index (χ2v) is 11.1. The van der Waals surface area contributed by atoms with E-state index in [1.54, 1.807) is 17.0 Å². The molecular formula is C26H29F2N4O5S-. The van der Waals surface area contributed by atoms with E-state index in [0.29, 0.717) is 45.1 Å². The van der Waals surface area contributed by atoms with Crippen molar-refractivity contribution in [3.05, 3.63) is 76.4 Å². The minimum absolute atomic E-state index is 0.0451. The van der Waals surface area contributed by atoms with Gasteiger partial charge in [-0.3, -0.25) is 8.98 Å². The van der Waals surface area contributed by atoms with Gasteiger partial charge in [0.2, 0.25) is 5.76 Å². The van der Waals surface area contributed by atoms with Crippen LogP contribution in [0.5, 0.6) is 0 Å². The largest absolute Gasteiger partial charge is 0.659 e. The summed E-state index contributed by atoms with van der Waals surface area (Å²) in [6.07, 6.45) is 2.22. The SMILES string of the molecule is Cc1ccc(S(=O)(=O)OCC2(CO/C(C(=O)Nc3cc(F)cc(F)c3)=C(/C=N)N3CC[N-]CC3)CC2)cc1. The first-order valence-electron chi connectivity index (χ1n) is 12.1. The van der Waals surface area contributed by atoms with Crippen LogP contribution in [0.1, 0.15) is 18.4 Å². The van der Waals surface area contributed by atoms with Crippen molar-refractivity contribution in [2.45, 2.75) is 24.7 Å². The highest BCUT2D eigenvalue weighted by Gasteiger charge is 2.46. The molecule has 2 N–H and O–H groups in total. The maximum Gasteiger partial charge on any atom is 0.296 e. The van der Waals surface area contributed by atoms with Crippen LogP contribution in [0.15, 0.2) is 58.8 Å². The highest BCUT2D eigenvalue weighted by molar-refractivity contribution is 7.86. The molecule has 1 aliphatic carbocycles. The first-order valence-corrected chi connectivity index (χ1v) is 13.5.